The molecule has 0 amide bonds. The van der Waals surface area contributed by atoms with Crippen molar-refractivity contribution in [2.24, 2.45) is 5.92 Å². The van der Waals surface area contributed by atoms with Gasteiger partial charge >= 0.3 is 0 Å². The first kappa shape index (κ1) is 14.2. The van der Waals surface area contributed by atoms with Gasteiger partial charge in [-0.25, -0.2) is 0 Å². The molecule has 1 aliphatic heterocycles. The molecule has 2 rings (SSSR count). The predicted molar refractivity (Wildman–Crippen MR) is 75.3 cm³/mol. The summed E-state index contributed by atoms with van der Waals surface area (Å²) in [6, 6.07) is 3.87. The number of aryl methyl sites for hydroxylation is 1. The molecule has 1 aliphatic rings. The summed E-state index contributed by atoms with van der Waals surface area (Å²) in [4.78, 5) is 17.1. The molecular weight excluding hydrogens is 238 g/mol. The van der Waals surface area contributed by atoms with Crippen molar-refractivity contribution in [2.75, 3.05) is 0 Å². The van der Waals surface area contributed by atoms with Crippen molar-refractivity contribution in [3.63, 3.8) is 0 Å². The average Bonchev–Trinajstić information content (AvgIpc) is 2.56. The molecule has 1 aromatic rings. The highest BCUT2D eigenvalue weighted by Crippen LogP contribution is 2.43. The van der Waals surface area contributed by atoms with Crippen molar-refractivity contribution >= 4 is 5.78 Å². The van der Waals surface area contributed by atoms with Gasteiger partial charge in [0.15, 0.2) is 5.78 Å². The lowest BCUT2D eigenvalue weighted by atomic mass is 9.82. The quantitative estimate of drug-likeness (QED) is 0.783. The normalized spacial score (nSPS) is 24.4. The second-order valence-electron chi connectivity index (χ2n) is 6.45. The van der Waals surface area contributed by atoms with Crippen molar-refractivity contribution in [2.45, 2.75) is 58.7 Å². The van der Waals surface area contributed by atoms with Crippen LogP contribution in [0.1, 0.15) is 57.1 Å². The van der Waals surface area contributed by atoms with E-state index in [-0.39, 0.29) is 17.3 Å². The van der Waals surface area contributed by atoms with Crippen LogP contribution in [0.4, 0.5) is 0 Å². The van der Waals surface area contributed by atoms with Crippen LogP contribution < -0.4 is 0 Å². The number of nitrogens with zero attached hydrogens (tertiary/aromatic N) is 1. The van der Waals surface area contributed by atoms with E-state index in [9.17, 15) is 4.79 Å². The van der Waals surface area contributed by atoms with Crippen molar-refractivity contribution in [1.82, 2.24) is 4.98 Å². The Morgan fingerprint density at radius 2 is 2.11 bits per heavy atom. The van der Waals surface area contributed by atoms with E-state index in [1.165, 1.54) is 0 Å². The number of carbonyl (C=O) groups is 1. The molecule has 19 heavy (non-hydrogen) atoms. The third-order valence-corrected chi connectivity index (χ3v) is 3.90. The highest BCUT2D eigenvalue weighted by Gasteiger charge is 2.49. The molecule has 0 aliphatic carbocycles. The van der Waals surface area contributed by atoms with Gasteiger partial charge in [-0.05, 0) is 52.2 Å². The summed E-state index contributed by atoms with van der Waals surface area (Å²) >= 11 is 0. The van der Waals surface area contributed by atoms with Gasteiger partial charge in [-0.3, -0.25) is 9.78 Å². The Kier molecular flexibility index (Phi) is 3.52. The first-order valence-electron chi connectivity index (χ1n) is 6.95. The molecule has 1 fully saturated rings. The van der Waals surface area contributed by atoms with Gasteiger partial charge < -0.3 is 4.74 Å². The van der Waals surface area contributed by atoms with E-state index in [0.29, 0.717) is 5.69 Å². The van der Waals surface area contributed by atoms with Crippen LogP contribution in [0.3, 0.4) is 0 Å². The van der Waals surface area contributed by atoms with E-state index in [0.717, 1.165) is 18.4 Å². The third-order valence-electron chi connectivity index (χ3n) is 3.90. The number of ether oxygens (including phenoxy) is 1. The van der Waals surface area contributed by atoms with Crippen molar-refractivity contribution in [3.05, 3.63) is 29.6 Å². The summed E-state index contributed by atoms with van der Waals surface area (Å²) in [5.41, 5.74) is 0.964. The largest absolute Gasteiger partial charge is 0.369 e. The van der Waals surface area contributed by atoms with Crippen LogP contribution in [-0.4, -0.2) is 22.0 Å². The van der Waals surface area contributed by atoms with E-state index in [1.54, 1.807) is 6.20 Å². The fourth-order valence-corrected chi connectivity index (χ4v) is 3.08. The molecule has 0 saturated carbocycles. The zero-order valence-electron chi connectivity index (χ0n) is 12.5. The van der Waals surface area contributed by atoms with Crippen LogP contribution >= 0.6 is 0 Å². The molecule has 1 unspecified atom stereocenters. The van der Waals surface area contributed by atoms with Crippen LogP contribution in [0, 0.1) is 5.92 Å². The maximum absolute atomic E-state index is 12.8. The molecule has 1 saturated heterocycles. The van der Waals surface area contributed by atoms with Crippen molar-refractivity contribution in [1.29, 1.82) is 0 Å². The van der Waals surface area contributed by atoms with Gasteiger partial charge in [0.1, 0.15) is 5.69 Å². The molecule has 0 spiro atoms. The molecule has 0 aromatic carbocycles. The Balaban J connectivity index is 2.34. The van der Waals surface area contributed by atoms with Gasteiger partial charge in [-0.2, -0.15) is 0 Å². The molecular formula is C16H23NO2. The number of hydrogen-bond acceptors (Lipinski definition) is 3. The van der Waals surface area contributed by atoms with Crippen LogP contribution in [0.25, 0.3) is 0 Å². The molecule has 1 atom stereocenters. The Morgan fingerprint density at radius 1 is 1.42 bits per heavy atom. The number of Topliss-reactive ketones (excluding diaryl/α,β-unsaturated/α-hetero) is 1. The minimum Gasteiger partial charge on any atom is -0.369 e. The summed E-state index contributed by atoms with van der Waals surface area (Å²) in [6.07, 6.45) is 3.27. The Labute approximate surface area is 115 Å². The number of ketones is 1. The van der Waals surface area contributed by atoms with Gasteiger partial charge in [0.2, 0.25) is 0 Å². The van der Waals surface area contributed by atoms with Gasteiger partial charge in [-0.15, -0.1) is 0 Å². The number of pyridine rings is 1. The lowest BCUT2D eigenvalue weighted by Gasteiger charge is -2.26. The van der Waals surface area contributed by atoms with Crippen molar-refractivity contribution in [3.8, 4) is 0 Å². The lowest BCUT2D eigenvalue weighted by Crippen LogP contribution is -2.34. The molecule has 0 bridgehead atoms. The third kappa shape index (κ3) is 2.71. The van der Waals surface area contributed by atoms with Crippen LogP contribution in [0.2, 0.25) is 0 Å². The average molecular weight is 261 g/mol. The summed E-state index contributed by atoms with van der Waals surface area (Å²) in [5.74, 6) is -0.00396. The molecule has 0 radical (unpaired) electrons. The molecule has 3 nitrogen and oxygen atoms in total. The highest BCUT2D eigenvalue weighted by atomic mass is 16.5. The fourth-order valence-electron chi connectivity index (χ4n) is 3.08. The summed E-state index contributed by atoms with van der Waals surface area (Å²) in [7, 11) is 0. The molecule has 1 aromatic heterocycles. The van der Waals surface area contributed by atoms with E-state index < -0.39 is 5.60 Å². The second-order valence-corrected chi connectivity index (χ2v) is 6.45. The van der Waals surface area contributed by atoms with E-state index in [2.05, 4.69) is 4.98 Å². The van der Waals surface area contributed by atoms with E-state index in [1.807, 2.05) is 46.8 Å². The summed E-state index contributed by atoms with van der Waals surface area (Å²) < 4.78 is 6.02. The monoisotopic (exact) mass is 261 g/mol. The molecule has 104 valence electrons. The van der Waals surface area contributed by atoms with Gasteiger partial charge in [0.25, 0.3) is 0 Å². The number of hydrogen-bond donors (Lipinski definition) is 0. The second kappa shape index (κ2) is 4.71. The smallest absolute Gasteiger partial charge is 0.187 e. The Hall–Kier alpha value is -1.22. The van der Waals surface area contributed by atoms with Crippen LogP contribution in [0.15, 0.2) is 18.3 Å². The molecule has 3 heteroatoms. The van der Waals surface area contributed by atoms with Crippen LogP contribution in [0.5, 0.6) is 0 Å². The first-order chi connectivity index (χ1) is 8.77. The topological polar surface area (TPSA) is 39.2 Å². The number of carbonyl (C=O) groups excluding carboxylic acids is 1. The zero-order chi connectivity index (χ0) is 14.3. The highest BCUT2D eigenvalue weighted by molar-refractivity contribution is 5.98. The maximum Gasteiger partial charge on any atom is 0.187 e. The zero-order valence-corrected chi connectivity index (χ0v) is 12.5. The minimum atomic E-state index is -0.427. The van der Waals surface area contributed by atoms with E-state index >= 15 is 0 Å². The molecule has 2 heterocycles. The lowest BCUT2D eigenvalue weighted by molar-refractivity contribution is -0.0712. The molecule has 0 N–H and O–H groups in total. The van der Waals surface area contributed by atoms with Gasteiger partial charge in [-0.1, -0.05) is 13.0 Å². The maximum atomic E-state index is 12.8. The van der Waals surface area contributed by atoms with Gasteiger partial charge in [0, 0.05) is 6.20 Å². The Bertz CT molecular complexity index is 491. The van der Waals surface area contributed by atoms with E-state index in [4.69, 9.17) is 4.74 Å². The standard InChI is InChI=1S/C16H23NO2/c1-6-11-8-7-9-17-13(11)14(18)12-10-15(2,3)19-16(12,4)5/h7-9,12H,6,10H2,1-5H3. The number of rotatable bonds is 3. The fraction of sp³-hybridized carbons (Fsp3) is 0.625. The predicted octanol–water partition coefficient (Wildman–Crippen LogP) is 3.42. The number of aromatic nitrogens is 1. The van der Waals surface area contributed by atoms with Gasteiger partial charge in [0.05, 0.1) is 17.1 Å². The first-order valence-corrected chi connectivity index (χ1v) is 6.95. The summed E-state index contributed by atoms with van der Waals surface area (Å²) in [6.45, 7) is 10.1. The van der Waals surface area contributed by atoms with Crippen LogP contribution in [-0.2, 0) is 11.2 Å². The minimum absolute atomic E-state index is 0.119. The Morgan fingerprint density at radius 3 is 2.63 bits per heavy atom. The SMILES string of the molecule is CCc1cccnc1C(=O)C1CC(C)(C)OC1(C)C. The summed E-state index contributed by atoms with van der Waals surface area (Å²) in [5, 5.41) is 0. The van der Waals surface area contributed by atoms with Crippen molar-refractivity contribution < 1.29 is 9.53 Å².